The fraction of sp³-hybridized carbons (Fsp3) is 0.333. The second-order valence-electron chi connectivity index (χ2n) is 7.94. The Bertz CT molecular complexity index is 1190. The number of carbonyl (C=O) groups is 1. The van der Waals surface area contributed by atoms with Crippen molar-refractivity contribution in [1.82, 2.24) is 30.0 Å². The number of hydrogen-bond acceptors (Lipinski definition) is 7. The first-order valence-corrected chi connectivity index (χ1v) is 11.2. The maximum Gasteiger partial charge on any atom is 0.251 e. The second-order valence-corrected chi connectivity index (χ2v) is 7.94. The molecule has 4 rings (SSSR count). The highest BCUT2D eigenvalue weighted by atomic mass is 19.1. The largest absolute Gasteiger partial charge is 0.494 e. The van der Waals surface area contributed by atoms with Crippen LogP contribution in [0.4, 0.5) is 16.0 Å². The van der Waals surface area contributed by atoms with Crippen molar-refractivity contribution in [3.63, 3.8) is 0 Å². The highest BCUT2D eigenvalue weighted by Crippen LogP contribution is 2.25. The summed E-state index contributed by atoms with van der Waals surface area (Å²) in [5.41, 5.74) is 3.54. The van der Waals surface area contributed by atoms with Gasteiger partial charge in [-0.05, 0) is 43.0 Å². The standard InChI is InChI=1S/C24H28FN7O2/c1-4-31-8-7-20(15-31)32-14-19(13-29-32)30-24-27-11-16(12-28-24)5-6-17-9-18(23(33)26-2)10-21(34-3)22(17)25/h9-15H,4-8H2,1-3H3,(H,26,33)(H,27,28,30). The Labute approximate surface area is 197 Å². The molecule has 0 atom stereocenters. The first-order chi connectivity index (χ1) is 16.5. The number of ether oxygens (including phenoxy) is 1. The van der Waals surface area contributed by atoms with E-state index in [-0.39, 0.29) is 11.7 Å². The van der Waals surface area contributed by atoms with E-state index in [0.717, 1.165) is 36.5 Å². The number of nitrogens with one attached hydrogen (secondary N) is 2. The predicted octanol–water partition coefficient (Wildman–Crippen LogP) is 3.23. The van der Waals surface area contributed by atoms with Crippen LogP contribution >= 0.6 is 0 Å². The first-order valence-electron chi connectivity index (χ1n) is 11.2. The van der Waals surface area contributed by atoms with E-state index in [4.69, 9.17) is 4.74 Å². The summed E-state index contributed by atoms with van der Waals surface area (Å²) in [6, 6.07) is 2.94. The Balaban J connectivity index is 1.39. The minimum absolute atomic E-state index is 0.0446. The molecule has 1 aliphatic heterocycles. The van der Waals surface area contributed by atoms with Crippen LogP contribution in [0, 0.1) is 5.82 Å². The van der Waals surface area contributed by atoms with E-state index in [1.54, 1.807) is 24.7 Å². The number of methoxy groups -OCH3 is 1. The lowest BCUT2D eigenvalue weighted by molar-refractivity contribution is 0.0962. The van der Waals surface area contributed by atoms with E-state index in [2.05, 4.69) is 43.7 Å². The molecule has 34 heavy (non-hydrogen) atoms. The predicted molar refractivity (Wildman–Crippen MR) is 127 cm³/mol. The van der Waals surface area contributed by atoms with Crippen LogP contribution in [0.2, 0.25) is 0 Å². The van der Waals surface area contributed by atoms with Gasteiger partial charge >= 0.3 is 0 Å². The molecule has 10 heteroatoms. The Morgan fingerprint density at radius 3 is 2.68 bits per heavy atom. The van der Waals surface area contributed by atoms with Gasteiger partial charge in [0, 0.05) is 50.7 Å². The summed E-state index contributed by atoms with van der Waals surface area (Å²) in [6.07, 6.45) is 11.0. The topological polar surface area (TPSA) is 97.2 Å². The van der Waals surface area contributed by atoms with Crippen molar-refractivity contribution >= 4 is 23.2 Å². The lowest BCUT2D eigenvalue weighted by Crippen LogP contribution is -2.18. The molecule has 1 amide bonds. The molecular formula is C24H28FN7O2. The Morgan fingerprint density at radius 2 is 2.00 bits per heavy atom. The van der Waals surface area contributed by atoms with Crippen molar-refractivity contribution < 1.29 is 13.9 Å². The van der Waals surface area contributed by atoms with E-state index in [1.807, 2.05) is 10.9 Å². The monoisotopic (exact) mass is 465 g/mol. The number of nitrogens with zero attached hydrogens (tertiary/aromatic N) is 5. The van der Waals surface area contributed by atoms with Gasteiger partial charge < -0.3 is 20.3 Å². The molecule has 0 radical (unpaired) electrons. The zero-order valence-electron chi connectivity index (χ0n) is 19.5. The molecule has 3 heterocycles. The first kappa shape index (κ1) is 23.2. The molecule has 1 aliphatic rings. The molecule has 2 N–H and O–H groups in total. The zero-order chi connectivity index (χ0) is 24.1. The van der Waals surface area contributed by atoms with Crippen LogP contribution in [0.15, 0.2) is 43.1 Å². The number of carbonyl (C=O) groups excluding carboxylic acids is 1. The summed E-state index contributed by atoms with van der Waals surface area (Å²) in [6.45, 7) is 4.12. The van der Waals surface area contributed by atoms with Crippen LogP contribution in [-0.4, -0.2) is 57.8 Å². The van der Waals surface area contributed by atoms with Gasteiger partial charge in [-0.3, -0.25) is 4.79 Å². The van der Waals surface area contributed by atoms with Crippen molar-refractivity contribution in [2.24, 2.45) is 0 Å². The molecule has 3 aromatic rings. The van der Waals surface area contributed by atoms with Gasteiger partial charge in [0.2, 0.25) is 5.95 Å². The van der Waals surface area contributed by atoms with Crippen LogP contribution in [0.1, 0.15) is 34.8 Å². The summed E-state index contributed by atoms with van der Waals surface area (Å²) in [4.78, 5) is 23.0. The maximum atomic E-state index is 14.7. The van der Waals surface area contributed by atoms with Crippen molar-refractivity contribution in [2.75, 3.05) is 32.6 Å². The minimum atomic E-state index is -0.467. The average molecular weight is 466 g/mol. The Kier molecular flexibility index (Phi) is 7.05. The van der Waals surface area contributed by atoms with E-state index in [0.29, 0.717) is 29.9 Å². The second kappa shape index (κ2) is 10.3. The van der Waals surface area contributed by atoms with Gasteiger partial charge in [-0.2, -0.15) is 5.10 Å². The fourth-order valence-corrected chi connectivity index (χ4v) is 3.78. The summed E-state index contributed by atoms with van der Waals surface area (Å²) in [5.74, 6) is -0.268. The number of aryl methyl sites for hydroxylation is 2. The van der Waals surface area contributed by atoms with Crippen LogP contribution < -0.4 is 15.4 Å². The summed E-state index contributed by atoms with van der Waals surface area (Å²) in [7, 11) is 2.91. The highest BCUT2D eigenvalue weighted by Gasteiger charge is 2.16. The number of anilines is 2. The van der Waals surface area contributed by atoms with E-state index in [1.165, 1.54) is 20.2 Å². The van der Waals surface area contributed by atoms with Gasteiger partial charge in [-0.15, -0.1) is 0 Å². The zero-order valence-corrected chi connectivity index (χ0v) is 19.5. The summed E-state index contributed by atoms with van der Waals surface area (Å²) >= 11 is 0. The molecule has 0 saturated carbocycles. The highest BCUT2D eigenvalue weighted by molar-refractivity contribution is 5.94. The molecule has 9 nitrogen and oxygen atoms in total. The number of hydrogen-bond donors (Lipinski definition) is 2. The quantitative estimate of drug-likeness (QED) is 0.501. The third-order valence-corrected chi connectivity index (χ3v) is 5.74. The third kappa shape index (κ3) is 5.16. The fourth-order valence-electron chi connectivity index (χ4n) is 3.78. The normalized spacial score (nSPS) is 13.1. The summed E-state index contributed by atoms with van der Waals surface area (Å²) < 4.78 is 21.6. The molecule has 1 aromatic carbocycles. The van der Waals surface area contributed by atoms with Gasteiger partial charge in [0.25, 0.3) is 5.91 Å². The smallest absolute Gasteiger partial charge is 0.251 e. The van der Waals surface area contributed by atoms with E-state index < -0.39 is 5.82 Å². The third-order valence-electron chi connectivity index (χ3n) is 5.74. The molecular weight excluding hydrogens is 437 g/mol. The molecule has 0 spiro atoms. The van der Waals surface area contributed by atoms with Gasteiger partial charge in [-0.25, -0.2) is 19.0 Å². The van der Waals surface area contributed by atoms with Crippen molar-refractivity contribution in [1.29, 1.82) is 0 Å². The molecule has 0 bridgehead atoms. The summed E-state index contributed by atoms with van der Waals surface area (Å²) in [5, 5.41) is 10.1. The molecule has 178 valence electrons. The van der Waals surface area contributed by atoms with Crippen molar-refractivity contribution in [3.8, 4) is 5.75 Å². The van der Waals surface area contributed by atoms with Crippen molar-refractivity contribution in [3.05, 3.63) is 65.6 Å². The van der Waals surface area contributed by atoms with Gasteiger partial charge in [0.05, 0.1) is 30.9 Å². The SMILES string of the molecule is CCN1C=C(n2cc(Nc3ncc(CCc4cc(C(=O)NC)cc(OC)c4F)cn3)cn2)CC1. The number of amides is 1. The van der Waals surface area contributed by atoms with E-state index in [9.17, 15) is 9.18 Å². The lowest BCUT2D eigenvalue weighted by Gasteiger charge is -2.11. The molecule has 2 aromatic heterocycles. The van der Waals surface area contributed by atoms with Gasteiger partial charge in [0.15, 0.2) is 11.6 Å². The van der Waals surface area contributed by atoms with Crippen molar-refractivity contribution in [2.45, 2.75) is 26.2 Å². The lowest BCUT2D eigenvalue weighted by atomic mass is 10.0. The van der Waals surface area contributed by atoms with Gasteiger partial charge in [0.1, 0.15) is 0 Å². The average Bonchev–Trinajstić information content (AvgIpc) is 3.53. The molecule has 0 aliphatic carbocycles. The number of rotatable bonds is 9. The number of aromatic nitrogens is 4. The number of benzene rings is 1. The van der Waals surface area contributed by atoms with Crippen LogP contribution in [0.3, 0.4) is 0 Å². The van der Waals surface area contributed by atoms with Crippen LogP contribution in [0.25, 0.3) is 5.70 Å². The van der Waals surface area contributed by atoms with Gasteiger partial charge in [-0.1, -0.05) is 0 Å². The van der Waals surface area contributed by atoms with Crippen LogP contribution in [0.5, 0.6) is 5.75 Å². The molecule has 0 unspecified atom stereocenters. The van der Waals surface area contributed by atoms with Crippen LogP contribution in [-0.2, 0) is 12.8 Å². The number of halogens is 1. The molecule has 0 saturated heterocycles. The Hall–Kier alpha value is -3.95. The molecule has 0 fully saturated rings. The maximum absolute atomic E-state index is 14.7. The van der Waals surface area contributed by atoms with E-state index >= 15 is 0 Å². The Morgan fingerprint density at radius 1 is 1.21 bits per heavy atom. The minimum Gasteiger partial charge on any atom is -0.494 e.